The smallest absolute Gasteiger partial charge is 0.260 e. The zero-order valence-corrected chi connectivity index (χ0v) is 13.5. The maximum atomic E-state index is 12.6. The van der Waals surface area contributed by atoms with Gasteiger partial charge in [0.1, 0.15) is 5.75 Å². The molecule has 0 saturated carbocycles. The first-order valence-electron chi connectivity index (χ1n) is 7.86. The highest BCUT2D eigenvalue weighted by Crippen LogP contribution is 2.15. The molecule has 2 rings (SSSR count). The lowest BCUT2D eigenvalue weighted by Gasteiger charge is -2.35. The van der Waals surface area contributed by atoms with E-state index in [9.17, 15) is 4.79 Å². The summed E-state index contributed by atoms with van der Waals surface area (Å²) in [5, 5.41) is 0. The summed E-state index contributed by atoms with van der Waals surface area (Å²) in [4.78, 5) is 16.6. The summed E-state index contributed by atoms with van der Waals surface area (Å²) in [5.74, 6) is 0.785. The van der Waals surface area contributed by atoms with Crippen LogP contribution in [0.1, 0.15) is 12.8 Å². The molecule has 0 bridgehead atoms. The Morgan fingerprint density at radius 2 is 1.86 bits per heavy atom. The van der Waals surface area contributed by atoms with Crippen LogP contribution in [0.2, 0.25) is 0 Å². The normalized spacial score (nSPS) is 15.8. The lowest BCUT2D eigenvalue weighted by molar-refractivity contribution is -0.137. The predicted molar refractivity (Wildman–Crippen MR) is 86.0 cm³/mol. The van der Waals surface area contributed by atoms with Crippen LogP contribution in [0.25, 0.3) is 0 Å². The van der Waals surface area contributed by atoms with Crippen molar-refractivity contribution in [2.45, 2.75) is 18.9 Å². The molecule has 0 aromatic heterocycles. The molecule has 0 unspecified atom stereocenters. The van der Waals surface area contributed by atoms with E-state index in [2.05, 4.69) is 4.90 Å². The minimum Gasteiger partial charge on any atom is -0.484 e. The molecule has 0 spiro atoms. The molecule has 5 nitrogen and oxygen atoms in total. The second-order valence-electron chi connectivity index (χ2n) is 5.84. The monoisotopic (exact) mass is 306 g/mol. The van der Waals surface area contributed by atoms with E-state index in [0.29, 0.717) is 0 Å². The third-order valence-electron chi connectivity index (χ3n) is 3.85. The van der Waals surface area contributed by atoms with Crippen LogP contribution in [0.3, 0.4) is 0 Å². The number of para-hydroxylation sites is 1. The van der Waals surface area contributed by atoms with E-state index in [1.807, 2.05) is 49.3 Å². The first-order valence-corrected chi connectivity index (χ1v) is 7.86. The maximum absolute atomic E-state index is 12.6. The minimum absolute atomic E-state index is 0.0533. The van der Waals surface area contributed by atoms with Gasteiger partial charge >= 0.3 is 0 Å². The third kappa shape index (κ3) is 5.31. The summed E-state index contributed by atoms with van der Waals surface area (Å²) in [6.07, 6.45) is 1.81. The van der Waals surface area contributed by atoms with Gasteiger partial charge in [-0.05, 0) is 39.1 Å². The van der Waals surface area contributed by atoms with E-state index in [-0.39, 0.29) is 18.6 Å². The van der Waals surface area contributed by atoms with Crippen LogP contribution in [0.5, 0.6) is 5.75 Å². The lowest BCUT2D eigenvalue weighted by Crippen LogP contribution is -2.48. The fourth-order valence-corrected chi connectivity index (χ4v) is 2.56. The number of amides is 1. The highest BCUT2D eigenvalue weighted by Gasteiger charge is 2.25. The number of likely N-dealkylation sites (N-methyl/N-ethyl adjacent to an activating group) is 1. The summed E-state index contributed by atoms with van der Waals surface area (Å²) in [7, 11) is 4.04. The van der Waals surface area contributed by atoms with Crippen molar-refractivity contribution in [2.24, 2.45) is 0 Å². The van der Waals surface area contributed by atoms with E-state index >= 15 is 0 Å². The fraction of sp³-hybridized carbons (Fsp3) is 0.588. The van der Waals surface area contributed by atoms with Crippen LogP contribution in [-0.2, 0) is 9.53 Å². The fourth-order valence-electron chi connectivity index (χ4n) is 2.56. The first-order chi connectivity index (χ1) is 10.7. The van der Waals surface area contributed by atoms with Crippen LogP contribution < -0.4 is 4.74 Å². The van der Waals surface area contributed by atoms with E-state index < -0.39 is 0 Å². The second-order valence-corrected chi connectivity index (χ2v) is 5.84. The van der Waals surface area contributed by atoms with E-state index in [0.717, 1.165) is 44.9 Å². The third-order valence-corrected chi connectivity index (χ3v) is 3.85. The van der Waals surface area contributed by atoms with Gasteiger partial charge in [0.15, 0.2) is 6.61 Å². The number of rotatable bonds is 7. The molecule has 1 fully saturated rings. The molecular weight excluding hydrogens is 280 g/mol. The van der Waals surface area contributed by atoms with E-state index in [4.69, 9.17) is 9.47 Å². The van der Waals surface area contributed by atoms with Crippen molar-refractivity contribution in [2.75, 3.05) is 47.0 Å². The van der Waals surface area contributed by atoms with Crippen LogP contribution in [0.15, 0.2) is 30.3 Å². The van der Waals surface area contributed by atoms with Gasteiger partial charge < -0.3 is 19.3 Å². The Labute approximate surface area is 132 Å². The molecule has 1 aliphatic rings. The predicted octanol–water partition coefficient (Wildman–Crippen LogP) is 1.63. The Hall–Kier alpha value is -1.59. The molecule has 1 saturated heterocycles. The topological polar surface area (TPSA) is 42.0 Å². The van der Waals surface area contributed by atoms with Crippen molar-refractivity contribution < 1.29 is 14.3 Å². The Kier molecular flexibility index (Phi) is 6.68. The lowest BCUT2D eigenvalue weighted by atomic mass is 10.1. The van der Waals surface area contributed by atoms with Crippen LogP contribution in [0, 0.1) is 0 Å². The van der Waals surface area contributed by atoms with E-state index in [1.54, 1.807) is 0 Å². The standard InChI is InChI=1S/C17H26N2O3/c1-18(2)10-11-19(15-8-12-21-13-9-15)17(20)14-22-16-6-4-3-5-7-16/h3-7,15H,8-14H2,1-2H3. The Balaban J connectivity index is 1.92. The van der Waals surface area contributed by atoms with E-state index in [1.165, 1.54) is 0 Å². The highest BCUT2D eigenvalue weighted by molar-refractivity contribution is 5.78. The second kappa shape index (κ2) is 8.76. The molecule has 1 aromatic carbocycles. The van der Waals surface area contributed by atoms with Gasteiger partial charge in [-0.2, -0.15) is 0 Å². The molecule has 0 radical (unpaired) electrons. The van der Waals surface area contributed by atoms with Crippen molar-refractivity contribution in [1.29, 1.82) is 0 Å². The van der Waals surface area contributed by atoms with Crippen molar-refractivity contribution in [1.82, 2.24) is 9.80 Å². The summed E-state index contributed by atoms with van der Waals surface area (Å²) in [6.45, 7) is 3.14. The van der Waals surface area contributed by atoms with Crippen LogP contribution in [0.4, 0.5) is 0 Å². The average Bonchev–Trinajstić information content (AvgIpc) is 2.55. The van der Waals surface area contributed by atoms with Crippen molar-refractivity contribution in [3.8, 4) is 5.75 Å². The van der Waals surface area contributed by atoms with Crippen molar-refractivity contribution >= 4 is 5.91 Å². The molecule has 0 aliphatic carbocycles. The molecule has 1 heterocycles. The van der Waals surface area contributed by atoms with Gasteiger partial charge in [-0.3, -0.25) is 4.79 Å². The number of nitrogens with zero attached hydrogens (tertiary/aromatic N) is 2. The quantitative estimate of drug-likeness (QED) is 0.768. The number of hydrogen-bond donors (Lipinski definition) is 0. The molecule has 0 atom stereocenters. The molecule has 122 valence electrons. The number of carbonyl (C=O) groups is 1. The number of ether oxygens (including phenoxy) is 2. The van der Waals surface area contributed by atoms with Gasteiger partial charge in [-0.25, -0.2) is 0 Å². The molecule has 0 N–H and O–H groups in total. The van der Waals surface area contributed by atoms with Gasteiger partial charge in [0.2, 0.25) is 0 Å². The van der Waals surface area contributed by atoms with Crippen LogP contribution in [-0.4, -0.2) is 68.8 Å². The van der Waals surface area contributed by atoms with Gasteiger partial charge in [-0.15, -0.1) is 0 Å². The average molecular weight is 306 g/mol. The number of carbonyl (C=O) groups excluding carboxylic acids is 1. The highest BCUT2D eigenvalue weighted by atomic mass is 16.5. The van der Waals surface area contributed by atoms with Crippen molar-refractivity contribution in [3.63, 3.8) is 0 Å². The van der Waals surface area contributed by atoms with Gasteiger partial charge in [0, 0.05) is 32.3 Å². The zero-order chi connectivity index (χ0) is 15.8. The first kappa shape index (κ1) is 16.8. The Bertz CT molecular complexity index is 444. The number of hydrogen-bond acceptors (Lipinski definition) is 4. The molecule has 22 heavy (non-hydrogen) atoms. The largest absolute Gasteiger partial charge is 0.484 e. The van der Waals surface area contributed by atoms with Gasteiger partial charge in [-0.1, -0.05) is 18.2 Å². The maximum Gasteiger partial charge on any atom is 0.260 e. The Morgan fingerprint density at radius 3 is 2.50 bits per heavy atom. The summed E-state index contributed by atoms with van der Waals surface area (Å²) >= 11 is 0. The summed E-state index contributed by atoms with van der Waals surface area (Å²) in [5.41, 5.74) is 0. The molecule has 1 amide bonds. The van der Waals surface area contributed by atoms with Crippen molar-refractivity contribution in [3.05, 3.63) is 30.3 Å². The molecule has 1 aromatic rings. The Morgan fingerprint density at radius 1 is 1.18 bits per heavy atom. The molecule has 1 aliphatic heterocycles. The van der Waals surface area contributed by atoms with Gasteiger partial charge in [0.05, 0.1) is 0 Å². The summed E-state index contributed by atoms with van der Waals surface area (Å²) < 4.78 is 11.0. The zero-order valence-electron chi connectivity index (χ0n) is 13.5. The number of benzene rings is 1. The van der Waals surface area contributed by atoms with Gasteiger partial charge in [0.25, 0.3) is 5.91 Å². The minimum atomic E-state index is 0.0533. The summed E-state index contributed by atoms with van der Waals surface area (Å²) in [6, 6.07) is 9.74. The SMILES string of the molecule is CN(C)CCN(C(=O)COc1ccccc1)C1CCOCC1. The molecular formula is C17H26N2O3. The molecule has 5 heteroatoms. The van der Waals surface area contributed by atoms with Crippen LogP contribution >= 0.6 is 0 Å².